The summed E-state index contributed by atoms with van der Waals surface area (Å²) in [7, 11) is -4.16. The van der Waals surface area contributed by atoms with Gasteiger partial charge in [-0.25, -0.2) is 19.1 Å². The van der Waals surface area contributed by atoms with Crippen molar-refractivity contribution in [1.29, 1.82) is 0 Å². The van der Waals surface area contributed by atoms with E-state index in [0.29, 0.717) is 11.2 Å². The largest absolute Gasteiger partial charge is 0.281 e. The molecule has 0 saturated heterocycles. The van der Waals surface area contributed by atoms with E-state index in [1.165, 1.54) is 35.1 Å². The van der Waals surface area contributed by atoms with Crippen molar-refractivity contribution >= 4 is 26.8 Å². The highest BCUT2D eigenvalue weighted by Gasteiger charge is 2.22. The normalized spacial score (nSPS) is 11.4. The van der Waals surface area contributed by atoms with Gasteiger partial charge in [-0.1, -0.05) is 42.5 Å². The number of sulfonamides is 1. The van der Waals surface area contributed by atoms with E-state index < -0.39 is 15.9 Å². The van der Waals surface area contributed by atoms with E-state index in [1.54, 1.807) is 16.8 Å². The number of fused-ring (bicyclic) bond motifs is 1. The van der Waals surface area contributed by atoms with Crippen LogP contribution in [0, 0.1) is 0 Å². The Kier molecular flexibility index (Phi) is 5.31. The zero-order chi connectivity index (χ0) is 23.7. The summed E-state index contributed by atoms with van der Waals surface area (Å²) < 4.78 is 30.3. The third-order valence-corrected chi connectivity index (χ3v) is 6.50. The monoisotopic (exact) mass is 470 g/mol. The third-order valence-electron chi connectivity index (χ3n) is 5.25. The van der Waals surface area contributed by atoms with E-state index in [-0.39, 0.29) is 21.5 Å². The van der Waals surface area contributed by atoms with Gasteiger partial charge in [-0.05, 0) is 54.6 Å². The third kappa shape index (κ3) is 3.78. The summed E-state index contributed by atoms with van der Waals surface area (Å²) in [5, 5.41) is 0.00156. The van der Waals surface area contributed by atoms with Crippen molar-refractivity contribution in [2.45, 2.75) is 5.03 Å². The van der Waals surface area contributed by atoms with Crippen molar-refractivity contribution in [3.8, 4) is 11.4 Å². The van der Waals surface area contributed by atoms with Crippen LogP contribution in [0.3, 0.4) is 0 Å². The summed E-state index contributed by atoms with van der Waals surface area (Å²) >= 11 is 0. The minimum absolute atomic E-state index is 0.0366. The van der Waals surface area contributed by atoms with E-state index in [9.17, 15) is 18.0 Å². The second-order valence-electron chi connectivity index (χ2n) is 7.43. The van der Waals surface area contributed by atoms with Gasteiger partial charge in [0.2, 0.25) is 0 Å². The molecule has 2 aromatic heterocycles. The number of benzene rings is 3. The van der Waals surface area contributed by atoms with Crippen LogP contribution < -0.4 is 10.3 Å². The average Bonchev–Trinajstić information content (AvgIpc) is 3.17. The van der Waals surface area contributed by atoms with Gasteiger partial charge in [0.25, 0.3) is 21.5 Å². The van der Waals surface area contributed by atoms with Crippen molar-refractivity contribution in [2.24, 2.45) is 0 Å². The van der Waals surface area contributed by atoms with Crippen LogP contribution in [0.15, 0.2) is 113 Å². The molecule has 0 bridgehead atoms. The maximum atomic E-state index is 13.5. The van der Waals surface area contributed by atoms with E-state index >= 15 is 0 Å². The second-order valence-corrected chi connectivity index (χ2v) is 9.06. The first-order valence-corrected chi connectivity index (χ1v) is 11.8. The fourth-order valence-electron chi connectivity index (χ4n) is 3.71. The molecule has 3 aromatic carbocycles. The van der Waals surface area contributed by atoms with Crippen molar-refractivity contribution in [3.05, 3.63) is 119 Å². The van der Waals surface area contributed by atoms with Crippen LogP contribution in [0.5, 0.6) is 0 Å². The summed E-state index contributed by atoms with van der Waals surface area (Å²) in [4.78, 5) is 30.1. The molecule has 0 saturated carbocycles. The first-order chi connectivity index (χ1) is 16.5. The lowest BCUT2D eigenvalue weighted by atomic mass is 10.1. The van der Waals surface area contributed by atoms with E-state index in [0.717, 1.165) is 5.69 Å². The van der Waals surface area contributed by atoms with Gasteiger partial charge in [-0.2, -0.15) is 8.42 Å². The number of carbonyl (C=O) groups is 1. The van der Waals surface area contributed by atoms with Crippen LogP contribution in [-0.2, 0) is 10.0 Å². The van der Waals surface area contributed by atoms with Crippen molar-refractivity contribution < 1.29 is 13.2 Å². The molecule has 0 unspecified atom stereocenters. The molecule has 34 heavy (non-hydrogen) atoms. The van der Waals surface area contributed by atoms with Crippen molar-refractivity contribution in [2.75, 3.05) is 0 Å². The molecular weight excluding hydrogens is 452 g/mol. The highest BCUT2D eigenvalue weighted by Crippen LogP contribution is 2.22. The van der Waals surface area contributed by atoms with E-state index in [2.05, 4.69) is 4.98 Å². The van der Waals surface area contributed by atoms with E-state index in [1.807, 2.05) is 65.4 Å². The van der Waals surface area contributed by atoms with Gasteiger partial charge in [0, 0.05) is 11.8 Å². The molecule has 0 spiro atoms. The van der Waals surface area contributed by atoms with Crippen LogP contribution in [0.2, 0.25) is 0 Å². The van der Waals surface area contributed by atoms with Gasteiger partial charge in [0.05, 0.1) is 22.3 Å². The SMILES string of the molecule is O=C(NS(=O)(=O)c1ccccn1)c1ccc2c(c1)c(=O)n(-c1ccccc1)n2-c1ccccc1. The Hall–Kier alpha value is -4.50. The van der Waals surface area contributed by atoms with Crippen LogP contribution in [0.25, 0.3) is 22.3 Å². The number of nitrogens with zero attached hydrogens (tertiary/aromatic N) is 3. The number of nitrogens with one attached hydrogen (secondary N) is 1. The Morgan fingerprint density at radius 3 is 2.00 bits per heavy atom. The lowest BCUT2D eigenvalue weighted by Gasteiger charge is -2.13. The smallest absolute Gasteiger partial charge is 0.268 e. The molecule has 5 aromatic rings. The van der Waals surface area contributed by atoms with Gasteiger partial charge < -0.3 is 0 Å². The van der Waals surface area contributed by atoms with Gasteiger partial charge in [0.1, 0.15) is 0 Å². The maximum absolute atomic E-state index is 13.5. The van der Waals surface area contributed by atoms with Gasteiger partial charge in [0.15, 0.2) is 5.03 Å². The molecule has 0 radical (unpaired) electrons. The number of rotatable bonds is 5. The molecule has 0 aliphatic rings. The van der Waals surface area contributed by atoms with Crippen molar-refractivity contribution in [1.82, 2.24) is 19.1 Å². The lowest BCUT2D eigenvalue weighted by Crippen LogP contribution is -2.31. The number of amides is 1. The fourth-order valence-corrected chi connectivity index (χ4v) is 4.63. The summed E-state index contributed by atoms with van der Waals surface area (Å²) in [6, 6.07) is 27.4. The molecular formula is C25H18N4O4S. The Morgan fingerprint density at radius 2 is 1.38 bits per heavy atom. The maximum Gasteiger partial charge on any atom is 0.281 e. The Bertz CT molecular complexity index is 1660. The fraction of sp³-hybridized carbons (Fsp3) is 0. The minimum atomic E-state index is -4.16. The summed E-state index contributed by atoms with van der Waals surface area (Å²) in [5.41, 5.74) is 1.68. The summed E-state index contributed by atoms with van der Waals surface area (Å²) in [5.74, 6) is -0.856. The highest BCUT2D eigenvalue weighted by molar-refractivity contribution is 7.90. The molecule has 1 N–H and O–H groups in total. The first-order valence-electron chi connectivity index (χ1n) is 10.3. The Balaban J connectivity index is 1.64. The minimum Gasteiger partial charge on any atom is -0.268 e. The first kappa shape index (κ1) is 21.4. The summed E-state index contributed by atoms with van der Waals surface area (Å²) in [6.45, 7) is 0. The highest BCUT2D eigenvalue weighted by atomic mass is 32.2. The molecule has 168 valence electrons. The molecule has 5 rings (SSSR count). The van der Waals surface area contributed by atoms with Crippen LogP contribution in [0.1, 0.15) is 10.4 Å². The topological polar surface area (TPSA) is 103 Å². The quantitative estimate of drug-likeness (QED) is 0.425. The molecule has 2 heterocycles. The average molecular weight is 471 g/mol. The lowest BCUT2D eigenvalue weighted by molar-refractivity contribution is 0.0981. The zero-order valence-electron chi connectivity index (χ0n) is 17.7. The predicted molar refractivity (Wildman–Crippen MR) is 128 cm³/mol. The molecule has 9 heteroatoms. The zero-order valence-corrected chi connectivity index (χ0v) is 18.5. The second kappa shape index (κ2) is 8.45. The number of hydrogen-bond acceptors (Lipinski definition) is 5. The molecule has 0 fully saturated rings. The molecule has 0 aliphatic heterocycles. The predicted octanol–water partition coefficient (Wildman–Crippen LogP) is 3.30. The molecule has 0 aliphatic carbocycles. The Labute approximate surface area is 194 Å². The summed E-state index contributed by atoms with van der Waals surface area (Å²) in [6.07, 6.45) is 1.32. The van der Waals surface area contributed by atoms with Crippen LogP contribution in [0.4, 0.5) is 0 Å². The number of carbonyl (C=O) groups excluding carboxylic acids is 1. The van der Waals surface area contributed by atoms with E-state index in [4.69, 9.17) is 0 Å². The number of para-hydroxylation sites is 2. The van der Waals surface area contributed by atoms with Crippen LogP contribution >= 0.6 is 0 Å². The Morgan fingerprint density at radius 1 is 0.765 bits per heavy atom. The molecule has 0 atom stereocenters. The standard InChI is InChI=1S/C25H18N4O4S/c30-24(27-34(32,33)23-13-7-8-16-26-23)18-14-15-22-21(17-18)25(31)29(20-11-5-2-6-12-20)28(22)19-9-3-1-4-10-19/h1-17H,(H,27,30). The molecule has 8 nitrogen and oxygen atoms in total. The number of aromatic nitrogens is 3. The van der Waals surface area contributed by atoms with Gasteiger partial charge >= 0.3 is 0 Å². The number of pyridine rings is 1. The number of hydrogen-bond donors (Lipinski definition) is 1. The van der Waals surface area contributed by atoms with Crippen LogP contribution in [-0.4, -0.2) is 28.7 Å². The molecule has 1 amide bonds. The van der Waals surface area contributed by atoms with Crippen molar-refractivity contribution in [3.63, 3.8) is 0 Å². The van der Waals surface area contributed by atoms with Gasteiger partial charge in [-0.3, -0.25) is 9.59 Å². The van der Waals surface area contributed by atoms with Gasteiger partial charge in [-0.15, -0.1) is 0 Å².